The van der Waals surface area contributed by atoms with Gasteiger partial charge in [-0.2, -0.15) is 0 Å². The van der Waals surface area contributed by atoms with Gasteiger partial charge in [0.25, 0.3) is 5.91 Å². The van der Waals surface area contributed by atoms with E-state index in [-0.39, 0.29) is 17.6 Å². The third kappa shape index (κ3) is 2.46. The van der Waals surface area contributed by atoms with Crippen LogP contribution in [0.4, 0.5) is 5.69 Å². The second-order valence-electron chi connectivity index (χ2n) is 4.52. The molecule has 0 atom stereocenters. The van der Waals surface area contributed by atoms with Gasteiger partial charge in [-0.3, -0.25) is 4.79 Å². The zero-order valence-corrected chi connectivity index (χ0v) is 11.6. The van der Waals surface area contributed by atoms with Crippen LogP contribution in [0.1, 0.15) is 26.8 Å². The zero-order chi connectivity index (χ0) is 14.2. The fourth-order valence-corrected chi connectivity index (χ4v) is 2.17. The number of fused-ring (bicyclic) bond motifs is 1. The fraction of sp³-hybridized carbons (Fsp3) is 0.308. The largest absolute Gasteiger partial charge is 0.493 e. The van der Waals surface area contributed by atoms with E-state index >= 15 is 0 Å². The lowest BCUT2D eigenvalue weighted by Gasteiger charge is -2.10. The molecule has 5 nitrogen and oxygen atoms in total. The first-order valence-corrected chi connectivity index (χ1v) is 6.24. The predicted molar refractivity (Wildman–Crippen MR) is 74.2 cm³/mol. The number of aromatic hydroxyl groups is 1. The molecule has 2 aromatic rings. The fourth-order valence-electron chi connectivity index (χ4n) is 2.00. The molecule has 6 heteroatoms. The molecule has 0 radical (unpaired) electrons. The molecule has 0 fully saturated rings. The summed E-state index contributed by atoms with van der Waals surface area (Å²) >= 11 is 5.96. The third-order valence-corrected chi connectivity index (χ3v) is 2.96. The van der Waals surface area contributed by atoms with Crippen LogP contribution in [0.5, 0.6) is 5.88 Å². The molecule has 0 bridgehead atoms. The van der Waals surface area contributed by atoms with Gasteiger partial charge >= 0.3 is 0 Å². The van der Waals surface area contributed by atoms with Crippen LogP contribution in [0, 0.1) is 0 Å². The van der Waals surface area contributed by atoms with Gasteiger partial charge in [0.15, 0.2) is 5.69 Å². The summed E-state index contributed by atoms with van der Waals surface area (Å²) in [7, 11) is 0. The molecule has 0 spiro atoms. The quantitative estimate of drug-likeness (QED) is 0.837. The summed E-state index contributed by atoms with van der Waals surface area (Å²) < 4.78 is 1.72. The second kappa shape index (κ2) is 5.01. The summed E-state index contributed by atoms with van der Waals surface area (Å²) in [6, 6.07) is 5.30. The van der Waals surface area contributed by atoms with E-state index in [9.17, 15) is 9.90 Å². The molecular formula is C13H14ClN3O2. The van der Waals surface area contributed by atoms with E-state index in [1.807, 2.05) is 19.9 Å². The number of hydrogen-bond acceptors (Lipinski definition) is 3. The van der Waals surface area contributed by atoms with Gasteiger partial charge in [-0.25, -0.2) is 0 Å². The van der Waals surface area contributed by atoms with Crippen molar-refractivity contribution in [3.63, 3.8) is 0 Å². The third-order valence-electron chi connectivity index (χ3n) is 2.72. The monoisotopic (exact) mass is 279 g/mol. The molecule has 100 valence electrons. The van der Waals surface area contributed by atoms with Gasteiger partial charge in [-0.1, -0.05) is 11.6 Å². The topological polar surface area (TPSA) is 66.9 Å². The predicted octanol–water partition coefficient (Wildman–Crippen LogP) is 4.21. The summed E-state index contributed by atoms with van der Waals surface area (Å²) in [6.45, 7) is 5.19. The first-order valence-electron chi connectivity index (χ1n) is 5.86. The summed E-state index contributed by atoms with van der Waals surface area (Å²) in [5.41, 5.74) is 1.07. The number of halogens is 1. The Morgan fingerprint density at radius 1 is 1.42 bits per heavy atom. The highest BCUT2D eigenvalue weighted by molar-refractivity contribution is 6.31. The van der Waals surface area contributed by atoms with Gasteiger partial charge in [0.05, 0.1) is 5.52 Å². The average Bonchev–Trinajstić information content (AvgIpc) is 2.58. The van der Waals surface area contributed by atoms with E-state index in [2.05, 4.69) is 10.2 Å². The molecule has 1 N–H and O–H groups in total. The maximum atomic E-state index is 10.9. The average molecular weight is 280 g/mol. The normalized spacial score (nSPS) is 11.8. The van der Waals surface area contributed by atoms with Crippen LogP contribution in [0.2, 0.25) is 5.02 Å². The van der Waals surface area contributed by atoms with Crippen LogP contribution in [0.3, 0.4) is 0 Å². The number of amides is 1. The van der Waals surface area contributed by atoms with Crippen LogP contribution < -0.4 is 0 Å². The summed E-state index contributed by atoms with van der Waals surface area (Å²) in [5, 5.41) is 18.7. The Balaban J connectivity index is 2.78. The molecule has 1 heterocycles. The van der Waals surface area contributed by atoms with E-state index in [0.717, 1.165) is 5.52 Å². The molecular weight excluding hydrogens is 266 g/mol. The van der Waals surface area contributed by atoms with Crippen LogP contribution in [0.15, 0.2) is 28.4 Å². The van der Waals surface area contributed by atoms with Crippen molar-refractivity contribution in [2.24, 2.45) is 10.2 Å². The Labute approximate surface area is 115 Å². The van der Waals surface area contributed by atoms with Gasteiger partial charge < -0.3 is 9.67 Å². The lowest BCUT2D eigenvalue weighted by atomic mass is 10.2. The number of aromatic nitrogens is 1. The maximum Gasteiger partial charge on any atom is 0.261 e. The van der Waals surface area contributed by atoms with Gasteiger partial charge in [0.1, 0.15) is 0 Å². The summed E-state index contributed by atoms with van der Waals surface area (Å²) in [5.74, 6) is -0.441. The molecule has 2 rings (SSSR count). The van der Waals surface area contributed by atoms with Crippen LogP contribution in [-0.4, -0.2) is 15.6 Å². The minimum Gasteiger partial charge on any atom is -0.493 e. The van der Waals surface area contributed by atoms with Crippen LogP contribution >= 0.6 is 11.6 Å². The van der Waals surface area contributed by atoms with Crippen molar-refractivity contribution >= 4 is 34.1 Å². The minimum atomic E-state index is -0.424. The highest BCUT2D eigenvalue weighted by Crippen LogP contribution is 2.41. The summed E-state index contributed by atoms with van der Waals surface area (Å²) in [4.78, 5) is 10.9. The number of carbonyl (C=O) groups is 1. The molecule has 1 aromatic heterocycles. The van der Waals surface area contributed by atoms with E-state index < -0.39 is 5.91 Å². The Morgan fingerprint density at radius 2 is 2.11 bits per heavy atom. The summed E-state index contributed by atoms with van der Waals surface area (Å²) in [6.07, 6.45) is 0. The highest BCUT2D eigenvalue weighted by atomic mass is 35.5. The highest BCUT2D eigenvalue weighted by Gasteiger charge is 2.18. The van der Waals surface area contributed by atoms with E-state index in [4.69, 9.17) is 11.6 Å². The first kappa shape index (κ1) is 13.5. The van der Waals surface area contributed by atoms with Gasteiger partial charge in [0, 0.05) is 23.4 Å². The Bertz CT molecular complexity index is 674. The molecule has 1 aromatic carbocycles. The Kier molecular flexibility index (Phi) is 3.57. The minimum absolute atomic E-state index is 0.0164. The number of hydrogen-bond donors (Lipinski definition) is 1. The van der Waals surface area contributed by atoms with Crippen LogP contribution in [-0.2, 0) is 4.79 Å². The molecule has 0 saturated heterocycles. The lowest BCUT2D eigenvalue weighted by molar-refractivity contribution is -0.116. The Hall–Kier alpha value is -1.88. The van der Waals surface area contributed by atoms with Gasteiger partial charge in [0.2, 0.25) is 5.88 Å². The van der Waals surface area contributed by atoms with Crippen molar-refractivity contribution in [2.75, 3.05) is 0 Å². The molecule has 0 unspecified atom stereocenters. The van der Waals surface area contributed by atoms with Crippen molar-refractivity contribution in [2.45, 2.75) is 26.8 Å². The smallest absolute Gasteiger partial charge is 0.261 e. The van der Waals surface area contributed by atoms with Crippen molar-refractivity contribution < 1.29 is 9.90 Å². The van der Waals surface area contributed by atoms with Crippen molar-refractivity contribution in [1.29, 1.82) is 0 Å². The van der Waals surface area contributed by atoms with Gasteiger partial charge in [-0.15, -0.1) is 10.2 Å². The lowest BCUT2D eigenvalue weighted by Crippen LogP contribution is -1.98. The molecule has 0 aliphatic rings. The maximum absolute atomic E-state index is 10.9. The Morgan fingerprint density at radius 3 is 2.68 bits per heavy atom. The second-order valence-corrected chi connectivity index (χ2v) is 4.95. The number of azo groups is 1. The number of nitrogens with zero attached hydrogens (tertiary/aromatic N) is 3. The molecule has 0 aliphatic carbocycles. The van der Waals surface area contributed by atoms with Crippen molar-refractivity contribution in [1.82, 2.24) is 4.57 Å². The molecule has 0 aliphatic heterocycles. The standard InChI is InChI=1S/C13H14ClN3O2/c1-7(2)17-11-5-4-9(14)6-10(11)12(13(17)19)16-15-8(3)18/h4-7,19H,1-3H3. The number of rotatable bonds is 2. The first-order chi connectivity index (χ1) is 8.91. The zero-order valence-electron chi connectivity index (χ0n) is 10.9. The molecule has 0 saturated carbocycles. The van der Waals surface area contributed by atoms with E-state index in [1.165, 1.54) is 6.92 Å². The van der Waals surface area contributed by atoms with Crippen molar-refractivity contribution in [3.8, 4) is 5.88 Å². The number of carbonyl (C=O) groups excluding carboxylic acids is 1. The van der Waals surface area contributed by atoms with Crippen LogP contribution in [0.25, 0.3) is 10.9 Å². The SMILES string of the molecule is CC(=O)N=Nc1c(O)n(C(C)C)c2ccc(Cl)cc12. The molecule has 19 heavy (non-hydrogen) atoms. The van der Waals surface area contributed by atoms with Gasteiger partial charge in [-0.05, 0) is 32.0 Å². The number of benzene rings is 1. The van der Waals surface area contributed by atoms with E-state index in [0.29, 0.717) is 10.4 Å². The molecule has 1 amide bonds. The van der Waals surface area contributed by atoms with E-state index in [1.54, 1.807) is 16.7 Å². The van der Waals surface area contributed by atoms with Crippen molar-refractivity contribution in [3.05, 3.63) is 23.2 Å².